The van der Waals surface area contributed by atoms with E-state index in [4.69, 9.17) is 4.74 Å². The Balaban J connectivity index is 2.22. The second-order valence-electron chi connectivity index (χ2n) is 5.69. The van der Waals surface area contributed by atoms with Crippen molar-refractivity contribution in [1.29, 1.82) is 0 Å². The normalized spacial score (nSPS) is 20.3. The molecule has 1 aliphatic rings. The Hall–Kier alpha value is -0.670. The lowest BCUT2D eigenvalue weighted by Gasteiger charge is -2.27. The molecule has 1 N–H and O–H groups in total. The van der Waals surface area contributed by atoms with Crippen molar-refractivity contribution in [3.63, 3.8) is 0 Å². The lowest BCUT2D eigenvalue weighted by Crippen LogP contribution is -2.30. The van der Waals surface area contributed by atoms with Gasteiger partial charge in [0.15, 0.2) is 0 Å². The molecule has 2 unspecified atom stereocenters. The zero-order valence-corrected chi connectivity index (χ0v) is 13.7. The standard InChI is InChI=1S/C17H27NOS/c1-4-11-18-17(16-10-7-12-20-16)14-8-5-6-9-15(14)19-13(2)3/h5-6,8-9,13,16-18H,4,7,10-12H2,1-3H3. The second kappa shape index (κ2) is 7.94. The molecule has 1 aromatic rings. The van der Waals surface area contributed by atoms with Crippen LogP contribution in [0, 0.1) is 0 Å². The first kappa shape index (κ1) is 15.7. The molecule has 112 valence electrons. The minimum Gasteiger partial charge on any atom is -0.491 e. The van der Waals surface area contributed by atoms with Crippen molar-refractivity contribution in [3.05, 3.63) is 29.8 Å². The van der Waals surface area contributed by atoms with Crippen LogP contribution >= 0.6 is 11.8 Å². The molecular formula is C17H27NOS. The van der Waals surface area contributed by atoms with E-state index in [-0.39, 0.29) is 6.10 Å². The van der Waals surface area contributed by atoms with Crippen LogP contribution in [0.1, 0.15) is 51.6 Å². The molecule has 2 atom stereocenters. The first-order valence-electron chi connectivity index (χ1n) is 7.83. The summed E-state index contributed by atoms with van der Waals surface area (Å²) < 4.78 is 6.02. The van der Waals surface area contributed by atoms with Gasteiger partial charge < -0.3 is 10.1 Å². The van der Waals surface area contributed by atoms with Crippen LogP contribution in [-0.2, 0) is 0 Å². The number of benzene rings is 1. The predicted molar refractivity (Wildman–Crippen MR) is 88.7 cm³/mol. The number of para-hydroxylation sites is 1. The summed E-state index contributed by atoms with van der Waals surface area (Å²) in [5.74, 6) is 2.34. The quantitative estimate of drug-likeness (QED) is 0.804. The van der Waals surface area contributed by atoms with Gasteiger partial charge in [0.2, 0.25) is 0 Å². The van der Waals surface area contributed by atoms with Crippen LogP contribution < -0.4 is 10.1 Å². The Morgan fingerprint density at radius 1 is 1.35 bits per heavy atom. The average Bonchev–Trinajstić information content (AvgIpc) is 2.94. The van der Waals surface area contributed by atoms with Crippen molar-refractivity contribution in [2.45, 2.75) is 57.4 Å². The van der Waals surface area contributed by atoms with E-state index in [0.717, 1.165) is 12.3 Å². The van der Waals surface area contributed by atoms with Crippen LogP contribution in [0.5, 0.6) is 5.75 Å². The van der Waals surface area contributed by atoms with Crippen molar-refractivity contribution >= 4 is 11.8 Å². The van der Waals surface area contributed by atoms with Gasteiger partial charge in [0.25, 0.3) is 0 Å². The number of nitrogens with one attached hydrogen (secondary N) is 1. The second-order valence-corrected chi connectivity index (χ2v) is 7.03. The van der Waals surface area contributed by atoms with Gasteiger partial charge in [-0.25, -0.2) is 0 Å². The highest BCUT2D eigenvalue weighted by Gasteiger charge is 2.28. The molecule has 0 radical (unpaired) electrons. The molecule has 2 rings (SSSR count). The van der Waals surface area contributed by atoms with Gasteiger partial charge in [-0.2, -0.15) is 11.8 Å². The number of ether oxygens (including phenoxy) is 1. The van der Waals surface area contributed by atoms with E-state index in [0.29, 0.717) is 11.3 Å². The lowest BCUT2D eigenvalue weighted by molar-refractivity contribution is 0.237. The van der Waals surface area contributed by atoms with Crippen LogP contribution in [0.15, 0.2) is 24.3 Å². The van der Waals surface area contributed by atoms with Gasteiger partial charge >= 0.3 is 0 Å². The molecule has 0 aliphatic carbocycles. The van der Waals surface area contributed by atoms with Gasteiger partial charge in [-0.3, -0.25) is 0 Å². The molecular weight excluding hydrogens is 266 g/mol. The number of hydrogen-bond donors (Lipinski definition) is 1. The minimum atomic E-state index is 0.221. The number of rotatable bonds is 7. The summed E-state index contributed by atoms with van der Waals surface area (Å²) in [6, 6.07) is 8.94. The molecule has 20 heavy (non-hydrogen) atoms. The van der Waals surface area contributed by atoms with Gasteiger partial charge in [0.1, 0.15) is 5.75 Å². The molecule has 0 spiro atoms. The van der Waals surface area contributed by atoms with Crippen LogP contribution in [0.4, 0.5) is 0 Å². The Bertz CT molecular complexity index is 402. The van der Waals surface area contributed by atoms with Gasteiger partial charge in [-0.1, -0.05) is 25.1 Å². The first-order chi connectivity index (χ1) is 9.72. The smallest absolute Gasteiger partial charge is 0.124 e. The molecule has 0 bridgehead atoms. The summed E-state index contributed by atoms with van der Waals surface area (Å²) >= 11 is 2.11. The zero-order chi connectivity index (χ0) is 14.4. The first-order valence-corrected chi connectivity index (χ1v) is 8.87. The van der Waals surface area contributed by atoms with Gasteiger partial charge in [0.05, 0.1) is 6.10 Å². The van der Waals surface area contributed by atoms with Crippen molar-refractivity contribution in [2.24, 2.45) is 0 Å². The predicted octanol–water partition coefficient (Wildman–Crippen LogP) is 4.41. The van der Waals surface area contributed by atoms with Crippen LogP contribution in [0.25, 0.3) is 0 Å². The summed E-state index contributed by atoms with van der Waals surface area (Å²) in [5.41, 5.74) is 1.33. The van der Waals surface area contributed by atoms with E-state index >= 15 is 0 Å². The SMILES string of the molecule is CCCNC(c1ccccc1OC(C)C)C1CCCS1. The number of thioether (sulfide) groups is 1. The summed E-state index contributed by atoms with van der Waals surface area (Å²) in [7, 11) is 0. The van der Waals surface area contributed by atoms with Crippen molar-refractivity contribution in [3.8, 4) is 5.75 Å². The maximum Gasteiger partial charge on any atom is 0.124 e. The molecule has 3 heteroatoms. The third-order valence-electron chi connectivity index (χ3n) is 3.57. The zero-order valence-electron chi connectivity index (χ0n) is 12.9. The van der Waals surface area contributed by atoms with Crippen molar-refractivity contribution in [1.82, 2.24) is 5.32 Å². The van der Waals surface area contributed by atoms with Crippen molar-refractivity contribution < 1.29 is 4.74 Å². The molecule has 1 aromatic carbocycles. The van der Waals surface area contributed by atoms with Crippen LogP contribution in [0.3, 0.4) is 0 Å². The van der Waals surface area contributed by atoms with Gasteiger partial charge in [-0.15, -0.1) is 0 Å². The maximum atomic E-state index is 6.02. The Morgan fingerprint density at radius 3 is 2.80 bits per heavy atom. The van der Waals surface area contributed by atoms with Crippen molar-refractivity contribution in [2.75, 3.05) is 12.3 Å². The van der Waals surface area contributed by atoms with Crippen LogP contribution in [-0.4, -0.2) is 23.7 Å². The van der Waals surface area contributed by atoms with E-state index in [1.165, 1.54) is 30.6 Å². The summed E-state index contributed by atoms with van der Waals surface area (Å²) in [6.07, 6.45) is 4.04. The average molecular weight is 293 g/mol. The fourth-order valence-corrected chi connectivity index (χ4v) is 4.11. The molecule has 1 heterocycles. The van der Waals surface area contributed by atoms with Gasteiger partial charge in [0, 0.05) is 16.9 Å². The third kappa shape index (κ3) is 4.16. The summed E-state index contributed by atoms with van der Waals surface area (Å²) in [6.45, 7) is 7.48. The fraction of sp³-hybridized carbons (Fsp3) is 0.647. The topological polar surface area (TPSA) is 21.3 Å². The highest BCUT2D eigenvalue weighted by molar-refractivity contribution is 8.00. The summed E-state index contributed by atoms with van der Waals surface area (Å²) in [5, 5.41) is 4.42. The summed E-state index contributed by atoms with van der Waals surface area (Å²) in [4.78, 5) is 0. The third-order valence-corrected chi connectivity index (χ3v) is 5.03. The van der Waals surface area contributed by atoms with E-state index in [2.05, 4.69) is 62.1 Å². The maximum absolute atomic E-state index is 6.02. The molecule has 0 aromatic heterocycles. The van der Waals surface area contributed by atoms with Gasteiger partial charge in [-0.05, 0) is 51.5 Å². The minimum absolute atomic E-state index is 0.221. The van der Waals surface area contributed by atoms with E-state index in [1.54, 1.807) is 0 Å². The van der Waals surface area contributed by atoms with E-state index < -0.39 is 0 Å². The molecule has 1 fully saturated rings. The highest BCUT2D eigenvalue weighted by Crippen LogP contribution is 2.39. The number of hydrogen-bond acceptors (Lipinski definition) is 3. The van der Waals surface area contributed by atoms with Crippen LogP contribution in [0.2, 0.25) is 0 Å². The molecule has 1 aliphatic heterocycles. The Labute approximate surface area is 127 Å². The Morgan fingerprint density at radius 2 is 2.15 bits per heavy atom. The molecule has 0 saturated carbocycles. The highest BCUT2D eigenvalue weighted by atomic mass is 32.2. The molecule has 0 amide bonds. The lowest BCUT2D eigenvalue weighted by atomic mass is 9.99. The fourth-order valence-electron chi connectivity index (χ4n) is 2.71. The van der Waals surface area contributed by atoms with E-state index in [1.807, 2.05) is 0 Å². The monoisotopic (exact) mass is 293 g/mol. The largest absolute Gasteiger partial charge is 0.491 e. The molecule has 2 nitrogen and oxygen atoms in total. The Kier molecular flexibility index (Phi) is 6.24. The van der Waals surface area contributed by atoms with E-state index in [9.17, 15) is 0 Å². The molecule has 1 saturated heterocycles.